The number of benzene rings is 1. The van der Waals surface area contributed by atoms with Crippen molar-refractivity contribution in [3.8, 4) is 5.75 Å². The van der Waals surface area contributed by atoms with Crippen LogP contribution in [0.15, 0.2) is 18.2 Å². The summed E-state index contributed by atoms with van der Waals surface area (Å²) < 4.78 is 6.21. The van der Waals surface area contributed by atoms with Gasteiger partial charge < -0.3 is 20.1 Å². The average molecular weight is 728 g/mol. The number of aliphatic carboxylic acids is 1. The van der Waals surface area contributed by atoms with Gasteiger partial charge in [-0.3, -0.25) is 14.5 Å². The molecule has 1 aliphatic heterocycles. The number of hydrogen-bond acceptors (Lipinski definition) is 6. The lowest BCUT2D eigenvalue weighted by Gasteiger charge is -2.76. The number of carboxylic acids is 1. The number of likely N-dealkylation sites (tertiary alicyclic amines) is 1. The first kappa shape index (κ1) is 44.3. The predicted molar refractivity (Wildman–Crippen MR) is 212 cm³/mol. The van der Waals surface area contributed by atoms with Gasteiger partial charge in [0.15, 0.2) is 0 Å². The van der Waals surface area contributed by atoms with E-state index in [0.717, 1.165) is 43.5 Å². The third-order valence-electron chi connectivity index (χ3n) is 13.7. The number of phenols is 1. The van der Waals surface area contributed by atoms with Crippen LogP contribution in [0.4, 0.5) is 0 Å². The third kappa shape index (κ3) is 7.84. The number of nitrogens with zero attached hydrogens (tertiary/aromatic N) is 1. The lowest BCUT2D eigenvalue weighted by Crippen LogP contribution is -2.80. The lowest BCUT2D eigenvalue weighted by atomic mass is 9.31. The van der Waals surface area contributed by atoms with Gasteiger partial charge in [-0.05, 0) is 80.3 Å². The predicted octanol–water partition coefficient (Wildman–Crippen LogP) is 10.4. The van der Waals surface area contributed by atoms with Gasteiger partial charge in [0.1, 0.15) is 11.5 Å². The van der Waals surface area contributed by atoms with Crippen LogP contribution in [0.5, 0.6) is 5.75 Å². The highest BCUT2D eigenvalue weighted by molar-refractivity contribution is 5.72. The Kier molecular flexibility index (Phi) is 12.4. The summed E-state index contributed by atoms with van der Waals surface area (Å²) in [6, 6.07) is 5.66. The maximum atomic E-state index is 13.9. The van der Waals surface area contributed by atoms with Crippen molar-refractivity contribution in [3.05, 3.63) is 29.3 Å². The van der Waals surface area contributed by atoms with Gasteiger partial charge in [-0.15, -0.1) is 0 Å². The molecule has 0 spiro atoms. The van der Waals surface area contributed by atoms with Crippen molar-refractivity contribution in [2.24, 2.45) is 50.2 Å². The minimum Gasteiger partial charge on any atom is -0.508 e. The number of carboxylic acid groups (broad SMARTS) is 1. The lowest BCUT2D eigenvalue weighted by molar-refractivity contribution is -0.362. The van der Waals surface area contributed by atoms with E-state index in [0.29, 0.717) is 6.42 Å². The molecule has 3 rings (SSSR count). The highest BCUT2D eigenvalue weighted by atomic mass is 16.5. The molecule has 1 heterocycles. The molecule has 1 saturated heterocycles. The molecular weight excluding hydrogens is 650 g/mol. The molecular formula is C45H77NO6. The Balaban J connectivity index is 2.15. The van der Waals surface area contributed by atoms with Crippen LogP contribution in [0, 0.1) is 50.2 Å². The van der Waals surface area contributed by atoms with Crippen molar-refractivity contribution in [2.45, 2.75) is 167 Å². The molecule has 3 N–H and O–H groups in total. The van der Waals surface area contributed by atoms with Gasteiger partial charge in [-0.2, -0.15) is 0 Å². The molecule has 0 amide bonds. The number of rotatable bonds is 9. The van der Waals surface area contributed by atoms with Gasteiger partial charge in [0.25, 0.3) is 0 Å². The molecule has 2 fully saturated rings. The zero-order chi connectivity index (χ0) is 40.3. The molecule has 7 nitrogen and oxygen atoms in total. The molecule has 52 heavy (non-hydrogen) atoms. The second-order valence-electron chi connectivity index (χ2n) is 22.0. The van der Waals surface area contributed by atoms with E-state index >= 15 is 0 Å². The molecule has 298 valence electrons. The standard InChI is InChI=1S/C45H77NO6/c1-29(35(49)50)44(23-26-52-34(48)28-31(38(2,3)4)30-21-22-33(47)32(27-30)39(5,6)7)42(14,15)36(40(8,9)10)45(51,46-24-19-18-20-25-46)37(41(11,12)13)43(44,16)17/h21-22,27,29,31,36-37,47,51H,18-20,23-26,28H2,1-17H3,(H,49,50). The van der Waals surface area contributed by atoms with Gasteiger partial charge >= 0.3 is 11.9 Å². The summed E-state index contributed by atoms with van der Waals surface area (Å²) in [6.45, 7) is 38.0. The molecule has 2 aliphatic rings. The summed E-state index contributed by atoms with van der Waals surface area (Å²) in [5.74, 6) is -2.48. The van der Waals surface area contributed by atoms with E-state index in [2.05, 4.69) is 116 Å². The Hall–Kier alpha value is -2.12. The van der Waals surface area contributed by atoms with Crippen LogP contribution >= 0.6 is 0 Å². The maximum absolute atomic E-state index is 13.9. The van der Waals surface area contributed by atoms with Crippen LogP contribution in [-0.4, -0.2) is 57.6 Å². The first-order chi connectivity index (χ1) is 23.3. The number of hydrogen-bond donors (Lipinski definition) is 3. The number of aliphatic hydroxyl groups is 1. The molecule has 1 aliphatic carbocycles. The van der Waals surface area contributed by atoms with Gasteiger partial charge in [0.05, 0.1) is 18.9 Å². The normalized spacial score (nSPS) is 28.6. The minimum absolute atomic E-state index is 0.0822. The van der Waals surface area contributed by atoms with Crippen molar-refractivity contribution < 1.29 is 29.6 Å². The summed E-state index contributed by atoms with van der Waals surface area (Å²) >= 11 is 0. The van der Waals surface area contributed by atoms with Crippen molar-refractivity contribution in [1.29, 1.82) is 0 Å². The molecule has 0 radical (unpaired) electrons. The smallest absolute Gasteiger partial charge is 0.306 e. The number of aromatic hydroxyl groups is 1. The SMILES string of the molecule is CC(C(=O)O)C1(CCOC(=O)CC(c2ccc(O)c(C(C)(C)C)c2)C(C)(C)C)C(C)(C)C(C(C)(C)C)C(O)(N2CCCCC2)C(C(C)(C)C)C1(C)C. The fourth-order valence-electron chi connectivity index (χ4n) is 12.7. The monoisotopic (exact) mass is 728 g/mol. The second-order valence-corrected chi connectivity index (χ2v) is 22.0. The molecule has 1 saturated carbocycles. The molecule has 0 aromatic heterocycles. The molecule has 0 bridgehead atoms. The number of piperidine rings is 1. The zero-order valence-electron chi connectivity index (χ0n) is 36.2. The Morgan fingerprint density at radius 2 is 1.33 bits per heavy atom. The molecule has 1 aromatic rings. The maximum Gasteiger partial charge on any atom is 0.306 e. The highest BCUT2D eigenvalue weighted by Crippen LogP contribution is 2.76. The van der Waals surface area contributed by atoms with E-state index in [1.165, 1.54) is 0 Å². The fourth-order valence-corrected chi connectivity index (χ4v) is 12.7. The van der Waals surface area contributed by atoms with Gasteiger partial charge in [0, 0.05) is 24.9 Å². The summed E-state index contributed by atoms with van der Waals surface area (Å²) in [7, 11) is 0. The van der Waals surface area contributed by atoms with Crippen LogP contribution in [-0.2, 0) is 19.7 Å². The Labute approximate surface area is 317 Å². The number of phenolic OH excluding ortho intramolecular Hbond substituents is 1. The molecule has 4 atom stereocenters. The summed E-state index contributed by atoms with van der Waals surface area (Å²) in [6.07, 6.45) is 3.72. The summed E-state index contributed by atoms with van der Waals surface area (Å²) in [5, 5.41) is 35.3. The van der Waals surface area contributed by atoms with E-state index in [1.807, 2.05) is 19.1 Å². The number of esters is 1. The Morgan fingerprint density at radius 1 is 0.846 bits per heavy atom. The van der Waals surface area contributed by atoms with Crippen molar-refractivity contribution in [3.63, 3.8) is 0 Å². The topological polar surface area (TPSA) is 107 Å². The van der Waals surface area contributed by atoms with Crippen LogP contribution in [0.25, 0.3) is 0 Å². The fraction of sp³-hybridized carbons (Fsp3) is 0.822. The van der Waals surface area contributed by atoms with E-state index in [-0.39, 0.29) is 64.2 Å². The number of ether oxygens (including phenoxy) is 1. The van der Waals surface area contributed by atoms with Crippen molar-refractivity contribution in [2.75, 3.05) is 19.7 Å². The van der Waals surface area contributed by atoms with Crippen molar-refractivity contribution in [1.82, 2.24) is 4.90 Å². The quantitative estimate of drug-likeness (QED) is 0.217. The second kappa shape index (κ2) is 14.5. The molecule has 1 aromatic carbocycles. The largest absolute Gasteiger partial charge is 0.508 e. The van der Waals surface area contributed by atoms with E-state index in [1.54, 1.807) is 6.07 Å². The van der Waals surface area contributed by atoms with Crippen LogP contribution in [0.2, 0.25) is 0 Å². The summed E-state index contributed by atoms with van der Waals surface area (Å²) in [4.78, 5) is 29.7. The van der Waals surface area contributed by atoms with E-state index in [4.69, 9.17) is 4.74 Å². The summed E-state index contributed by atoms with van der Waals surface area (Å²) in [5.41, 5.74) is -2.94. The van der Waals surface area contributed by atoms with Gasteiger partial charge in [-0.25, -0.2) is 0 Å². The number of carbonyl (C=O) groups excluding carboxylic acids is 1. The van der Waals surface area contributed by atoms with Crippen LogP contribution in [0.3, 0.4) is 0 Å². The van der Waals surface area contributed by atoms with Crippen molar-refractivity contribution >= 4 is 11.9 Å². The zero-order valence-corrected chi connectivity index (χ0v) is 36.2. The average Bonchev–Trinajstić information content (AvgIpc) is 2.94. The van der Waals surface area contributed by atoms with Crippen LogP contribution < -0.4 is 0 Å². The number of carbonyl (C=O) groups is 2. The Morgan fingerprint density at radius 3 is 1.73 bits per heavy atom. The van der Waals surface area contributed by atoms with E-state index < -0.39 is 33.9 Å². The first-order valence-electron chi connectivity index (χ1n) is 20.0. The minimum atomic E-state index is -1.20. The molecule has 7 heteroatoms. The van der Waals surface area contributed by atoms with E-state index in [9.17, 15) is 24.9 Å². The van der Waals surface area contributed by atoms with Gasteiger partial charge in [-0.1, -0.05) is 136 Å². The highest BCUT2D eigenvalue weighted by Gasteiger charge is 2.77. The first-order valence-corrected chi connectivity index (χ1v) is 20.0. The third-order valence-corrected chi connectivity index (χ3v) is 13.7. The van der Waals surface area contributed by atoms with Crippen LogP contribution in [0.1, 0.15) is 167 Å². The van der Waals surface area contributed by atoms with Gasteiger partial charge in [0.2, 0.25) is 0 Å². The Bertz CT molecular complexity index is 1390. The molecule has 4 unspecified atom stereocenters.